The summed E-state index contributed by atoms with van der Waals surface area (Å²) >= 11 is 5.88. The van der Waals surface area contributed by atoms with E-state index in [0.29, 0.717) is 5.02 Å². The van der Waals surface area contributed by atoms with Gasteiger partial charge in [-0.2, -0.15) is 0 Å². The monoisotopic (exact) mass is 290 g/mol. The summed E-state index contributed by atoms with van der Waals surface area (Å²) < 4.78 is 5.60. The Morgan fingerprint density at radius 2 is 1.40 bits per heavy atom. The average molecular weight is 291 g/mol. The molecule has 0 aromatic heterocycles. The molecule has 0 saturated heterocycles. The smallest absolute Gasteiger partial charge is 0.119 e. The van der Waals surface area contributed by atoms with Crippen molar-refractivity contribution in [3.05, 3.63) is 64.7 Å². The van der Waals surface area contributed by atoms with Crippen molar-refractivity contribution in [2.75, 3.05) is 0 Å². The molecule has 20 heavy (non-hydrogen) atoms. The number of aliphatic hydroxyl groups is 1. The number of rotatable bonds is 4. The first-order valence-corrected chi connectivity index (χ1v) is 7.03. The molecule has 2 nitrogen and oxygen atoms in total. The number of ether oxygens (including phenoxy) is 1. The minimum Gasteiger partial charge on any atom is -0.491 e. The van der Waals surface area contributed by atoms with Crippen LogP contribution >= 0.6 is 11.6 Å². The Morgan fingerprint density at radius 1 is 0.950 bits per heavy atom. The fourth-order valence-corrected chi connectivity index (χ4v) is 2.20. The van der Waals surface area contributed by atoms with Crippen LogP contribution in [0.1, 0.15) is 31.9 Å². The van der Waals surface area contributed by atoms with Crippen molar-refractivity contribution < 1.29 is 9.84 Å². The Kier molecular flexibility index (Phi) is 4.36. The highest BCUT2D eigenvalue weighted by Crippen LogP contribution is 2.31. The predicted octanol–water partition coefficient (Wildman–Crippen LogP) is 4.38. The molecule has 1 N–H and O–H groups in total. The second-order valence-corrected chi connectivity index (χ2v) is 5.71. The fourth-order valence-electron chi connectivity index (χ4n) is 2.07. The molecule has 2 aromatic carbocycles. The van der Waals surface area contributed by atoms with E-state index in [9.17, 15) is 5.11 Å². The molecular formula is C17H19ClO2. The van der Waals surface area contributed by atoms with E-state index in [-0.39, 0.29) is 6.10 Å². The van der Waals surface area contributed by atoms with Crippen molar-refractivity contribution in [3.63, 3.8) is 0 Å². The fraction of sp³-hybridized carbons (Fsp3) is 0.294. The first kappa shape index (κ1) is 14.9. The summed E-state index contributed by atoms with van der Waals surface area (Å²) in [4.78, 5) is 0. The molecule has 0 aliphatic heterocycles. The van der Waals surface area contributed by atoms with E-state index in [0.717, 1.165) is 16.9 Å². The SMILES string of the molecule is CC(C)Oc1ccc(C(C)(O)c2ccc(Cl)cc2)cc1. The standard InChI is InChI=1S/C17H19ClO2/c1-12(2)20-16-10-6-14(7-11-16)17(3,19)13-4-8-15(18)9-5-13/h4-12,19H,1-3H3. The van der Waals surface area contributed by atoms with Gasteiger partial charge in [-0.05, 0) is 56.2 Å². The van der Waals surface area contributed by atoms with E-state index in [1.807, 2.05) is 50.2 Å². The number of hydrogen-bond acceptors (Lipinski definition) is 2. The molecule has 0 heterocycles. The lowest BCUT2D eigenvalue weighted by atomic mass is 9.88. The third-order valence-corrected chi connectivity index (χ3v) is 3.45. The molecule has 1 unspecified atom stereocenters. The molecule has 0 amide bonds. The lowest BCUT2D eigenvalue weighted by Gasteiger charge is -2.25. The second-order valence-electron chi connectivity index (χ2n) is 5.27. The zero-order chi connectivity index (χ0) is 14.8. The number of halogens is 1. The van der Waals surface area contributed by atoms with Gasteiger partial charge in [0.25, 0.3) is 0 Å². The normalized spacial score (nSPS) is 14.1. The molecule has 0 radical (unpaired) electrons. The van der Waals surface area contributed by atoms with Crippen LogP contribution in [0.15, 0.2) is 48.5 Å². The average Bonchev–Trinajstić information content (AvgIpc) is 2.39. The minimum atomic E-state index is -1.05. The Labute approximate surface area is 125 Å². The Balaban J connectivity index is 2.27. The van der Waals surface area contributed by atoms with Crippen LogP contribution in [0.4, 0.5) is 0 Å². The van der Waals surface area contributed by atoms with Crippen molar-refractivity contribution in [1.82, 2.24) is 0 Å². The minimum absolute atomic E-state index is 0.137. The molecule has 0 aliphatic carbocycles. The van der Waals surface area contributed by atoms with Gasteiger partial charge < -0.3 is 9.84 Å². The largest absolute Gasteiger partial charge is 0.491 e. The topological polar surface area (TPSA) is 29.5 Å². The van der Waals surface area contributed by atoms with Gasteiger partial charge in [0.2, 0.25) is 0 Å². The summed E-state index contributed by atoms with van der Waals surface area (Å²) in [6.07, 6.45) is 0.137. The highest BCUT2D eigenvalue weighted by Gasteiger charge is 2.25. The molecule has 106 valence electrons. The van der Waals surface area contributed by atoms with E-state index in [4.69, 9.17) is 16.3 Å². The zero-order valence-electron chi connectivity index (χ0n) is 11.9. The number of hydrogen-bond donors (Lipinski definition) is 1. The Morgan fingerprint density at radius 3 is 1.85 bits per heavy atom. The van der Waals surface area contributed by atoms with Gasteiger partial charge in [-0.25, -0.2) is 0 Å². The van der Waals surface area contributed by atoms with Gasteiger partial charge >= 0.3 is 0 Å². The van der Waals surface area contributed by atoms with Gasteiger partial charge in [-0.3, -0.25) is 0 Å². The van der Waals surface area contributed by atoms with Gasteiger partial charge in [0, 0.05) is 5.02 Å². The van der Waals surface area contributed by atoms with Gasteiger partial charge in [-0.15, -0.1) is 0 Å². The summed E-state index contributed by atoms with van der Waals surface area (Å²) in [5, 5.41) is 11.4. The molecule has 0 bridgehead atoms. The first-order chi connectivity index (χ1) is 9.39. The zero-order valence-corrected chi connectivity index (χ0v) is 12.7. The molecule has 0 aliphatic rings. The lowest BCUT2D eigenvalue weighted by molar-refractivity contribution is 0.102. The van der Waals surface area contributed by atoms with Crippen LogP contribution in [0.5, 0.6) is 5.75 Å². The molecule has 0 saturated carbocycles. The van der Waals surface area contributed by atoms with Crippen molar-refractivity contribution >= 4 is 11.6 Å². The van der Waals surface area contributed by atoms with Crippen LogP contribution in [0, 0.1) is 0 Å². The molecule has 0 spiro atoms. The molecule has 1 atom stereocenters. The Bertz CT molecular complexity index is 557. The van der Waals surface area contributed by atoms with E-state index < -0.39 is 5.60 Å². The summed E-state index contributed by atoms with van der Waals surface area (Å²) in [5.74, 6) is 0.802. The van der Waals surface area contributed by atoms with Gasteiger partial charge in [0.1, 0.15) is 11.4 Å². The van der Waals surface area contributed by atoms with Gasteiger partial charge in [-0.1, -0.05) is 35.9 Å². The van der Waals surface area contributed by atoms with Crippen LogP contribution in [0.25, 0.3) is 0 Å². The number of benzene rings is 2. The third-order valence-electron chi connectivity index (χ3n) is 3.19. The summed E-state index contributed by atoms with van der Waals surface area (Å²) in [7, 11) is 0. The van der Waals surface area contributed by atoms with Crippen LogP contribution in [0.3, 0.4) is 0 Å². The molecule has 0 fully saturated rings. The highest BCUT2D eigenvalue weighted by atomic mass is 35.5. The van der Waals surface area contributed by atoms with Crippen molar-refractivity contribution in [3.8, 4) is 5.75 Å². The second kappa shape index (κ2) is 5.86. The lowest BCUT2D eigenvalue weighted by Crippen LogP contribution is -2.22. The van der Waals surface area contributed by atoms with Crippen LogP contribution in [0.2, 0.25) is 5.02 Å². The molecule has 3 heteroatoms. The van der Waals surface area contributed by atoms with Crippen molar-refractivity contribution in [2.45, 2.75) is 32.5 Å². The summed E-state index contributed by atoms with van der Waals surface area (Å²) in [5.41, 5.74) is 0.566. The van der Waals surface area contributed by atoms with Crippen molar-refractivity contribution in [1.29, 1.82) is 0 Å². The maximum atomic E-state index is 10.7. The van der Waals surface area contributed by atoms with Crippen LogP contribution in [-0.2, 0) is 5.60 Å². The molecular weight excluding hydrogens is 272 g/mol. The van der Waals surface area contributed by atoms with E-state index in [1.165, 1.54) is 0 Å². The van der Waals surface area contributed by atoms with Crippen LogP contribution < -0.4 is 4.74 Å². The van der Waals surface area contributed by atoms with Crippen LogP contribution in [-0.4, -0.2) is 11.2 Å². The molecule has 2 aromatic rings. The van der Waals surface area contributed by atoms with Crippen molar-refractivity contribution in [2.24, 2.45) is 0 Å². The van der Waals surface area contributed by atoms with Gasteiger partial charge in [0.15, 0.2) is 0 Å². The van der Waals surface area contributed by atoms with E-state index >= 15 is 0 Å². The third kappa shape index (κ3) is 3.33. The quantitative estimate of drug-likeness (QED) is 0.905. The van der Waals surface area contributed by atoms with E-state index in [1.54, 1.807) is 19.1 Å². The molecule has 2 rings (SSSR count). The first-order valence-electron chi connectivity index (χ1n) is 6.65. The van der Waals surface area contributed by atoms with Gasteiger partial charge in [0.05, 0.1) is 6.10 Å². The van der Waals surface area contributed by atoms with E-state index in [2.05, 4.69) is 0 Å². The maximum absolute atomic E-state index is 10.7. The maximum Gasteiger partial charge on any atom is 0.119 e. The highest BCUT2D eigenvalue weighted by molar-refractivity contribution is 6.30. The summed E-state index contributed by atoms with van der Waals surface area (Å²) in [6, 6.07) is 14.7. The predicted molar refractivity (Wildman–Crippen MR) is 82.3 cm³/mol. The Hall–Kier alpha value is -1.51. The summed E-state index contributed by atoms with van der Waals surface area (Å²) in [6.45, 7) is 5.74.